The van der Waals surface area contributed by atoms with Gasteiger partial charge in [0.05, 0.1) is 17.3 Å². The smallest absolute Gasteiger partial charge is 0.193 e. The molecule has 1 unspecified atom stereocenters. The molecule has 24 heavy (non-hydrogen) atoms. The maximum atomic E-state index is 12.2. The predicted octanol–water partition coefficient (Wildman–Crippen LogP) is 1.39. The molecule has 0 radical (unpaired) electrons. The predicted molar refractivity (Wildman–Crippen MR) is 96.0 cm³/mol. The Balaban J connectivity index is 1.75. The lowest BCUT2D eigenvalue weighted by atomic mass is 10.1. The highest BCUT2D eigenvalue weighted by Gasteiger charge is 2.19. The van der Waals surface area contributed by atoms with Crippen LogP contribution in [0.3, 0.4) is 0 Å². The van der Waals surface area contributed by atoms with Crippen molar-refractivity contribution in [3.8, 4) is 0 Å². The van der Waals surface area contributed by atoms with Gasteiger partial charge in [0, 0.05) is 39.7 Å². The van der Waals surface area contributed by atoms with Crippen molar-refractivity contribution < 1.29 is 13.2 Å². The summed E-state index contributed by atoms with van der Waals surface area (Å²) in [5.74, 6) is 1.45. The molecule has 0 amide bonds. The number of nitrogens with zero attached hydrogens (tertiary/aromatic N) is 2. The normalized spacial score (nSPS) is 18.6. The third kappa shape index (κ3) is 5.49. The van der Waals surface area contributed by atoms with E-state index in [1.165, 1.54) is 0 Å². The molecule has 6 nitrogen and oxygen atoms in total. The van der Waals surface area contributed by atoms with Gasteiger partial charge in [0.15, 0.2) is 15.8 Å². The van der Waals surface area contributed by atoms with Crippen LogP contribution in [0.4, 0.5) is 0 Å². The van der Waals surface area contributed by atoms with Gasteiger partial charge in [-0.15, -0.1) is 0 Å². The first-order valence-corrected chi connectivity index (χ1v) is 9.95. The van der Waals surface area contributed by atoms with Crippen LogP contribution in [-0.2, 0) is 14.6 Å². The van der Waals surface area contributed by atoms with Crippen LogP contribution >= 0.6 is 0 Å². The van der Waals surface area contributed by atoms with E-state index in [-0.39, 0.29) is 5.75 Å². The molecule has 1 aliphatic rings. The van der Waals surface area contributed by atoms with Crippen molar-refractivity contribution in [1.29, 1.82) is 0 Å². The Hall–Kier alpha value is -1.60. The number of nitrogens with one attached hydrogen (secondary N) is 1. The van der Waals surface area contributed by atoms with Gasteiger partial charge < -0.3 is 15.0 Å². The van der Waals surface area contributed by atoms with Crippen molar-refractivity contribution in [3.05, 3.63) is 30.3 Å². The summed E-state index contributed by atoms with van der Waals surface area (Å²) in [6.45, 7) is 3.10. The number of benzene rings is 1. The molecule has 0 aromatic heterocycles. The average molecular weight is 353 g/mol. The molecular formula is C17H27N3O3S. The van der Waals surface area contributed by atoms with Gasteiger partial charge in [-0.3, -0.25) is 4.99 Å². The van der Waals surface area contributed by atoms with Gasteiger partial charge in [0.25, 0.3) is 0 Å². The highest BCUT2D eigenvalue weighted by molar-refractivity contribution is 7.91. The fourth-order valence-electron chi connectivity index (χ4n) is 2.79. The fourth-order valence-corrected chi connectivity index (χ4v) is 4.13. The Labute approximate surface area is 144 Å². The zero-order chi connectivity index (χ0) is 17.4. The maximum absolute atomic E-state index is 12.2. The first-order valence-electron chi connectivity index (χ1n) is 8.30. The Morgan fingerprint density at radius 1 is 1.38 bits per heavy atom. The Kier molecular flexibility index (Phi) is 7.05. The van der Waals surface area contributed by atoms with E-state index >= 15 is 0 Å². The van der Waals surface area contributed by atoms with Crippen LogP contribution in [0.2, 0.25) is 0 Å². The van der Waals surface area contributed by atoms with Crippen molar-refractivity contribution in [3.63, 3.8) is 0 Å². The zero-order valence-electron chi connectivity index (χ0n) is 14.4. The molecule has 0 bridgehead atoms. The molecule has 1 heterocycles. The van der Waals surface area contributed by atoms with Gasteiger partial charge in [0.2, 0.25) is 0 Å². The van der Waals surface area contributed by atoms with Crippen molar-refractivity contribution in [2.45, 2.75) is 17.7 Å². The molecule has 1 aromatic carbocycles. The van der Waals surface area contributed by atoms with Crippen LogP contribution in [0.5, 0.6) is 0 Å². The number of aliphatic imine (C=N–C) groups is 1. The van der Waals surface area contributed by atoms with Gasteiger partial charge in [-0.25, -0.2) is 8.42 Å². The molecule has 134 valence electrons. The lowest BCUT2D eigenvalue weighted by Gasteiger charge is -2.24. The second kappa shape index (κ2) is 9.03. The summed E-state index contributed by atoms with van der Waals surface area (Å²) in [6.07, 6.45) is 1.62. The van der Waals surface area contributed by atoms with Crippen LogP contribution in [0.15, 0.2) is 40.2 Å². The van der Waals surface area contributed by atoms with Gasteiger partial charge in [-0.05, 0) is 25.0 Å². The quantitative estimate of drug-likeness (QED) is 0.456. The molecule has 2 rings (SSSR count). The van der Waals surface area contributed by atoms with Gasteiger partial charge in [-0.1, -0.05) is 18.2 Å². The zero-order valence-corrected chi connectivity index (χ0v) is 15.3. The number of ether oxygens (including phenoxy) is 1. The van der Waals surface area contributed by atoms with Crippen LogP contribution in [0, 0.1) is 5.92 Å². The Morgan fingerprint density at radius 3 is 2.75 bits per heavy atom. The maximum Gasteiger partial charge on any atom is 0.193 e. The third-order valence-electron chi connectivity index (χ3n) is 4.10. The summed E-state index contributed by atoms with van der Waals surface area (Å²) in [7, 11) is 0.521. The molecular weight excluding hydrogens is 326 g/mol. The van der Waals surface area contributed by atoms with Crippen molar-refractivity contribution in [2.24, 2.45) is 10.9 Å². The second-order valence-electron chi connectivity index (χ2n) is 6.07. The Morgan fingerprint density at radius 2 is 2.12 bits per heavy atom. The van der Waals surface area contributed by atoms with Crippen LogP contribution in [0.25, 0.3) is 0 Å². The third-order valence-corrected chi connectivity index (χ3v) is 5.92. The standard InChI is InChI=1S/C17H27N3O3S/c1-18-17(20(2)13-15-9-11-23-14-15)19-10-6-12-24(21,22)16-7-4-3-5-8-16/h3-5,7-8,15H,6,9-14H2,1-2H3,(H,18,19). The fraction of sp³-hybridized carbons (Fsp3) is 0.588. The van der Waals surface area contributed by atoms with Gasteiger partial charge >= 0.3 is 0 Å². The van der Waals surface area contributed by atoms with Gasteiger partial charge in [0.1, 0.15) is 0 Å². The number of guanidine groups is 1. The van der Waals surface area contributed by atoms with Crippen molar-refractivity contribution >= 4 is 15.8 Å². The van der Waals surface area contributed by atoms with E-state index in [1.807, 2.05) is 13.1 Å². The molecule has 1 aliphatic heterocycles. The molecule has 1 aromatic rings. The van der Waals surface area contributed by atoms with E-state index in [9.17, 15) is 8.42 Å². The van der Waals surface area contributed by atoms with Crippen molar-refractivity contribution in [1.82, 2.24) is 10.2 Å². The van der Waals surface area contributed by atoms with Crippen LogP contribution < -0.4 is 5.32 Å². The first-order chi connectivity index (χ1) is 11.5. The lowest BCUT2D eigenvalue weighted by Crippen LogP contribution is -2.42. The second-order valence-corrected chi connectivity index (χ2v) is 8.18. The minimum absolute atomic E-state index is 0.126. The van der Waals surface area contributed by atoms with E-state index in [2.05, 4.69) is 15.2 Å². The summed E-state index contributed by atoms with van der Waals surface area (Å²) >= 11 is 0. The van der Waals surface area contributed by atoms with E-state index in [4.69, 9.17) is 4.74 Å². The van der Waals surface area contributed by atoms with Crippen LogP contribution in [-0.4, -0.2) is 65.4 Å². The first kappa shape index (κ1) is 18.7. The molecule has 1 fully saturated rings. The number of sulfone groups is 1. The minimum atomic E-state index is -3.21. The summed E-state index contributed by atoms with van der Waals surface area (Å²) < 4.78 is 29.9. The number of hydrogen-bond acceptors (Lipinski definition) is 4. The molecule has 1 N–H and O–H groups in total. The highest BCUT2D eigenvalue weighted by atomic mass is 32.2. The molecule has 7 heteroatoms. The minimum Gasteiger partial charge on any atom is -0.381 e. The number of rotatable bonds is 7. The molecule has 0 saturated carbocycles. The molecule has 0 spiro atoms. The molecule has 1 saturated heterocycles. The highest BCUT2D eigenvalue weighted by Crippen LogP contribution is 2.13. The summed E-state index contributed by atoms with van der Waals surface area (Å²) in [6, 6.07) is 8.58. The molecule has 0 aliphatic carbocycles. The number of hydrogen-bond donors (Lipinski definition) is 1. The lowest BCUT2D eigenvalue weighted by molar-refractivity contribution is 0.181. The van der Waals surface area contributed by atoms with E-state index in [1.54, 1.807) is 31.3 Å². The van der Waals surface area contributed by atoms with E-state index in [0.717, 1.165) is 32.1 Å². The summed E-state index contributed by atoms with van der Waals surface area (Å²) in [4.78, 5) is 6.72. The van der Waals surface area contributed by atoms with E-state index < -0.39 is 9.84 Å². The largest absolute Gasteiger partial charge is 0.381 e. The topological polar surface area (TPSA) is 71.0 Å². The van der Waals surface area contributed by atoms with Gasteiger partial charge in [-0.2, -0.15) is 0 Å². The Bertz CT molecular complexity index is 626. The molecule has 1 atom stereocenters. The summed E-state index contributed by atoms with van der Waals surface area (Å²) in [5, 5.41) is 3.24. The monoisotopic (exact) mass is 353 g/mol. The SMILES string of the molecule is CN=C(NCCCS(=O)(=O)c1ccccc1)N(C)CC1CCOC1. The van der Waals surface area contributed by atoms with Crippen molar-refractivity contribution in [2.75, 3.05) is 46.2 Å². The average Bonchev–Trinajstić information content (AvgIpc) is 3.08. The summed E-state index contributed by atoms with van der Waals surface area (Å²) in [5.41, 5.74) is 0. The van der Waals surface area contributed by atoms with E-state index in [0.29, 0.717) is 23.8 Å². The van der Waals surface area contributed by atoms with Crippen LogP contribution in [0.1, 0.15) is 12.8 Å².